The predicted molar refractivity (Wildman–Crippen MR) is 53.0 cm³/mol. The summed E-state index contributed by atoms with van der Waals surface area (Å²) in [5.74, 6) is -0.299. The van der Waals surface area contributed by atoms with E-state index in [-0.39, 0.29) is 19.1 Å². The van der Waals surface area contributed by atoms with Gasteiger partial charge in [0, 0.05) is 5.92 Å². The molecule has 0 aromatic heterocycles. The van der Waals surface area contributed by atoms with Crippen LogP contribution in [-0.2, 0) is 9.47 Å². The van der Waals surface area contributed by atoms with Crippen LogP contribution in [-0.4, -0.2) is 30.1 Å². The monoisotopic (exact) mass is 202 g/mol. The number of hydrogen-bond acceptors (Lipinski definition) is 4. The first kappa shape index (κ1) is 13.0. The van der Waals surface area contributed by atoms with Crippen LogP contribution in [0.3, 0.4) is 0 Å². The molecule has 0 rings (SSSR count). The Balaban J connectivity index is 3.97. The standard InChI is InChI=1S/C10H18O4/c1-5-8(10(3,4)12)7-14-9(11)13-6-2/h5,8,12H,1,6-7H2,2-4H3/t8-/m1/s1. The van der Waals surface area contributed by atoms with Gasteiger partial charge >= 0.3 is 6.16 Å². The van der Waals surface area contributed by atoms with Gasteiger partial charge in [0.1, 0.15) is 6.61 Å². The molecular weight excluding hydrogens is 184 g/mol. The molecule has 0 aliphatic carbocycles. The highest BCUT2D eigenvalue weighted by Gasteiger charge is 2.25. The Morgan fingerprint density at radius 3 is 2.50 bits per heavy atom. The Bertz CT molecular complexity index is 193. The second kappa shape index (κ2) is 5.65. The molecule has 0 amide bonds. The third-order valence-electron chi connectivity index (χ3n) is 1.83. The van der Waals surface area contributed by atoms with E-state index in [0.29, 0.717) is 0 Å². The molecule has 1 N–H and O–H groups in total. The van der Waals surface area contributed by atoms with Crippen molar-refractivity contribution >= 4 is 6.16 Å². The topological polar surface area (TPSA) is 55.8 Å². The van der Waals surface area contributed by atoms with E-state index in [1.807, 2.05) is 0 Å². The number of ether oxygens (including phenoxy) is 2. The Hall–Kier alpha value is -1.03. The smallest absolute Gasteiger partial charge is 0.435 e. The lowest BCUT2D eigenvalue weighted by Gasteiger charge is -2.25. The molecule has 1 atom stereocenters. The third-order valence-corrected chi connectivity index (χ3v) is 1.83. The molecule has 0 aromatic carbocycles. The minimum atomic E-state index is -0.950. The van der Waals surface area contributed by atoms with Crippen LogP contribution < -0.4 is 0 Å². The second-order valence-corrected chi connectivity index (χ2v) is 3.49. The molecule has 0 fully saturated rings. The average molecular weight is 202 g/mol. The van der Waals surface area contributed by atoms with E-state index in [9.17, 15) is 9.90 Å². The Kier molecular flexibility index (Phi) is 5.23. The molecule has 82 valence electrons. The highest BCUT2D eigenvalue weighted by molar-refractivity contribution is 5.59. The summed E-state index contributed by atoms with van der Waals surface area (Å²) in [6.07, 6.45) is 0.836. The van der Waals surface area contributed by atoms with Crippen molar-refractivity contribution in [3.8, 4) is 0 Å². The van der Waals surface area contributed by atoms with Gasteiger partial charge in [-0.15, -0.1) is 6.58 Å². The van der Waals surface area contributed by atoms with E-state index in [0.717, 1.165) is 0 Å². The van der Waals surface area contributed by atoms with E-state index in [1.165, 1.54) is 0 Å². The summed E-state index contributed by atoms with van der Waals surface area (Å²) in [6.45, 7) is 8.87. The number of hydrogen-bond donors (Lipinski definition) is 1. The third kappa shape index (κ3) is 4.87. The molecule has 0 saturated heterocycles. The van der Waals surface area contributed by atoms with E-state index in [2.05, 4.69) is 11.3 Å². The Morgan fingerprint density at radius 2 is 2.14 bits per heavy atom. The lowest BCUT2D eigenvalue weighted by molar-refractivity contribution is -0.00816. The van der Waals surface area contributed by atoms with Gasteiger partial charge in [-0.2, -0.15) is 0 Å². The van der Waals surface area contributed by atoms with E-state index >= 15 is 0 Å². The SMILES string of the molecule is C=C[C@H](COC(=O)OCC)C(C)(C)O. The molecule has 0 aliphatic rings. The summed E-state index contributed by atoms with van der Waals surface area (Å²) in [6, 6.07) is 0. The van der Waals surface area contributed by atoms with Crippen LogP contribution in [0.5, 0.6) is 0 Å². The van der Waals surface area contributed by atoms with Crippen LogP contribution in [0.4, 0.5) is 4.79 Å². The molecule has 0 unspecified atom stereocenters. The fourth-order valence-electron chi connectivity index (χ4n) is 0.878. The maximum Gasteiger partial charge on any atom is 0.508 e. The summed E-state index contributed by atoms with van der Waals surface area (Å²) in [5, 5.41) is 9.62. The zero-order valence-corrected chi connectivity index (χ0v) is 8.95. The van der Waals surface area contributed by atoms with Gasteiger partial charge in [0.2, 0.25) is 0 Å². The van der Waals surface area contributed by atoms with Gasteiger partial charge in [-0.05, 0) is 20.8 Å². The summed E-state index contributed by atoms with van der Waals surface area (Å²) in [7, 11) is 0. The van der Waals surface area contributed by atoms with Crippen molar-refractivity contribution in [2.45, 2.75) is 26.4 Å². The van der Waals surface area contributed by atoms with Crippen LogP contribution >= 0.6 is 0 Å². The van der Waals surface area contributed by atoms with Gasteiger partial charge in [-0.3, -0.25) is 0 Å². The van der Waals surface area contributed by atoms with Crippen molar-refractivity contribution in [3.63, 3.8) is 0 Å². The van der Waals surface area contributed by atoms with Gasteiger partial charge in [0.05, 0.1) is 12.2 Å². The molecule has 0 aliphatic heterocycles. The first-order valence-electron chi connectivity index (χ1n) is 4.56. The fourth-order valence-corrected chi connectivity index (χ4v) is 0.878. The van der Waals surface area contributed by atoms with Gasteiger partial charge < -0.3 is 14.6 Å². The molecular formula is C10H18O4. The van der Waals surface area contributed by atoms with Crippen LogP contribution in [0.25, 0.3) is 0 Å². The predicted octanol–water partition coefficient (Wildman–Crippen LogP) is 1.73. The highest BCUT2D eigenvalue weighted by atomic mass is 16.7. The van der Waals surface area contributed by atoms with Crippen LogP contribution in [0, 0.1) is 5.92 Å². The Morgan fingerprint density at radius 1 is 1.57 bits per heavy atom. The van der Waals surface area contributed by atoms with Gasteiger partial charge in [0.25, 0.3) is 0 Å². The zero-order chi connectivity index (χ0) is 11.2. The lowest BCUT2D eigenvalue weighted by Crippen LogP contribution is -2.33. The maximum atomic E-state index is 10.8. The van der Waals surface area contributed by atoms with Gasteiger partial charge in [-0.1, -0.05) is 6.08 Å². The van der Waals surface area contributed by atoms with Crippen LogP contribution in [0.1, 0.15) is 20.8 Å². The molecule has 0 saturated carbocycles. The molecule has 0 bridgehead atoms. The Labute approximate surface area is 84.5 Å². The minimum absolute atomic E-state index is 0.0752. The van der Waals surface area contributed by atoms with E-state index in [4.69, 9.17) is 4.74 Å². The first-order chi connectivity index (χ1) is 6.41. The summed E-state index contributed by atoms with van der Waals surface area (Å²) in [4.78, 5) is 10.8. The number of carbonyl (C=O) groups is 1. The molecule has 0 spiro atoms. The van der Waals surface area contributed by atoms with Crippen molar-refractivity contribution in [1.29, 1.82) is 0 Å². The molecule has 14 heavy (non-hydrogen) atoms. The zero-order valence-electron chi connectivity index (χ0n) is 8.95. The number of aliphatic hydroxyl groups is 1. The summed E-state index contributed by atoms with van der Waals surface area (Å²) in [5.41, 5.74) is -0.950. The summed E-state index contributed by atoms with van der Waals surface area (Å²) < 4.78 is 9.34. The maximum absolute atomic E-state index is 10.8. The summed E-state index contributed by atoms with van der Waals surface area (Å²) >= 11 is 0. The van der Waals surface area contributed by atoms with E-state index in [1.54, 1.807) is 26.8 Å². The average Bonchev–Trinajstić information content (AvgIpc) is 2.03. The molecule has 4 heteroatoms. The largest absolute Gasteiger partial charge is 0.508 e. The molecule has 4 nitrogen and oxygen atoms in total. The van der Waals surface area contributed by atoms with Crippen molar-refractivity contribution in [1.82, 2.24) is 0 Å². The van der Waals surface area contributed by atoms with Crippen molar-refractivity contribution in [3.05, 3.63) is 12.7 Å². The lowest BCUT2D eigenvalue weighted by atomic mass is 9.92. The highest BCUT2D eigenvalue weighted by Crippen LogP contribution is 2.17. The normalized spacial score (nSPS) is 13.1. The first-order valence-corrected chi connectivity index (χ1v) is 4.56. The molecule has 0 heterocycles. The minimum Gasteiger partial charge on any atom is -0.435 e. The van der Waals surface area contributed by atoms with Crippen LogP contribution in [0.2, 0.25) is 0 Å². The van der Waals surface area contributed by atoms with Crippen molar-refractivity contribution in [2.24, 2.45) is 5.92 Å². The van der Waals surface area contributed by atoms with Gasteiger partial charge in [-0.25, -0.2) is 4.79 Å². The number of rotatable bonds is 5. The molecule has 0 aromatic rings. The van der Waals surface area contributed by atoms with Crippen molar-refractivity contribution in [2.75, 3.05) is 13.2 Å². The van der Waals surface area contributed by atoms with E-state index < -0.39 is 11.8 Å². The molecule has 0 radical (unpaired) electrons. The quantitative estimate of drug-likeness (QED) is 0.545. The fraction of sp³-hybridized carbons (Fsp3) is 0.700. The van der Waals surface area contributed by atoms with Crippen LogP contribution in [0.15, 0.2) is 12.7 Å². The van der Waals surface area contributed by atoms with Gasteiger partial charge in [0.15, 0.2) is 0 Å². The second-order valence-electron chi connectivity index (χ2n) is 3.49. The number of carbonyl (C=O) groups excluding carboxylic acids is 1. The van der Waals surface area contributed by atoms with Crippen molar-refractivity contribution < 1.29 is 19.4 Å².